The van der Waals surface area contributed by atoms with Crippen LogP contribution in [0.3, 0.4) is 0 Å². The Kier molecular flexibility index (Phi) is 3.96. The molecule has 0 radical (unpaired) electrons. The molecule has 0 amide bonds. The summed E-state index contributed by atoms with van der Waals surface area (Å²) in [6, 6.07) is 14.2. The van der Waals surface area contributed by atoms with Crippen LogP contribution in [0.4, 0.5) is 5.69 Å². The van der Waals surface area contributed by atoms with Gasteiger partial charge in [0.1, 0.15) is 4.90 Å². The Bertz CT molecular complexity index is 684. The molecule has 3 nitrogen and oxygen atoms in total. The van der Waals surface area contributed by atoms with Crippen molar-refractivity contribution in [2.24, 2.45) is 0 Å². The standard InChI is InChI=1S/C14H14BrNO2S/c1-11-8-9-14(13(15)10-11)19(17,18)16(2)12-6-4-3-5-7-12/h3-10H,1-2H3. The predicted octanol–water partition coefficient (Wildman–Crippen LogP) is 3.58. The maximum Gasteiger partial charge on any atom is 0.265 e. The van der Waals surface area contributed by atoms with Gasteiger partial charge in [-0.2, -0.15) is 0 Å². The number of halogens is 1. The third-order valence-electron chi connectivity index (χ3n) is 2.85. The fourth-order valence-corrected chi connectivity index (χ4v) is 4.09. The number of rotatable bonds is 3. The number of hydrogen-bond donors (Lipinski definition) is 0. The third-order valence-corrected chi connectivity index (χ3v) is 5.61. The van der Waals surface area contributed by atoms with Gasteiger partial charge in [-0.05, 0) is 52.7 Å². The highest BCUT2D eigenvalue weighted by Crippen LogP contribution is 2.28. The quantitative estimate of drug-likeness (QED) is 0.856. The van der Waals surface area contributed by atoms with Crippen LogP contribution < -0.4 is 4.31 Å². The number of aryl methyl sites for hydroxylation is 1. The molecule has 100 valence electrons. The van der Waals surface area contributed by atoms with Crippen LogP contribution in [0.5, 0.6) is 0 Å². The average Bonchev–Trinajstić information content (AvgIpc) is 2.38. The fraction of sp³-hybridized carbons (Fsp3) is 0.143. The second kappa shape index (κ2) is 5.35. The van der Waals surface area contributed by atoms with Crippen LogP contribution in [0.1, 0.15) is 5.56 Å². The Morgan fingerprint density at radius 2 is 1.68 bits per heavy atom. The zero-order valence-corrected chi connectivity index (χ0v) is 13.1. The van der Waals surface area contributed by atoms with E-state index in [0.29, 0.717) is 10.2 Å². The maximum atomic E-state index is 12.6. The summed E-state index contributed by atoms with van der Waals surface area (Å²) in [4.78, 5) is 0.268. The van der Waals surface area contributed by atoms with E-state index < -0.39 is 10.0 Å². The van der Waals surface area contributed by atoms with Crippen molar-refractivity contribution in [3.05, 3.63) is 58.6 Å². The smallest absolute Gasteiger partial charge is 0.265 e. The highest BCUT2D eigenvalue weighted by molar-refractivity contribution is 9.10. The molecule has 0 aliphatic carbocycles. The number of para-hydroxylation sites is 1. The van der Waals surface area contributed by atoms with Crippen molar-refractivity contribution in [1.82, 2.24) is 0 Å². The van der Waals surface area contributed by atoms with Gasteiger partial charge in [0.25, 0.3) is 10.0 Å². The second-order valence-corrected chi connectivity index (χ2v) is 7.03. The van der Waals surface area contributed by atoms with Gasteiger partial charge >= 0.3 is 0 Å². The largest absolute Gasteiger partial charge is 0.269 e. The van der Waals surface area contributed by atoms with Crippen molar-refractivity contribution in [3.63, 3.8) is 0 Å². The molecule has 0 fully saturated rings. The van der Waals surface area contributed by atoms with E-state index in [2.05, 4.69) is 15.9 Å². The summed E-state index contributed by atoms with van der Waals surface area (Å²) in [6.45, 7) is 1.92. The van der Waals surface area contributed by atoms with Gasteiger partial charge in [-0.3, -0.25) is 4.31 Å². The molecule has 5 heteroatoms. The first kappa shape index (κ1) is 14.1. The van der Waals surface area contributed by atoms with Crippen LogP contribution in [0.15, 0.2) is 57.9 Å². The van der Waals surface area contributed by atoms with Gasteiger partial charge in [0.15, 0.2) is 0 Å². The molecule has 0 N–H and O–H groups in total. The second-order valence-electron chi connectivity index (χ2n) is 4.24. The molecule has 0 spiro atoms. The van der Waals surface area contributed by atoms with Gasteiger partial charge in [0.2, 0.25) is 0 Å². The SMILES string of the molecule is Cc1ccc(S(=O)(=O)N(C)c2ccccc2)c(Br)c1. The molecule has 0 aliphatic rings. The molecule has 0 heterocycles. The number of sulfonamides is 1. The van der Waals surface area contributed by atoms with E-state index in [9.17, 15) is 8.42 Å². The van der Waals surface area contributed by atoms with Crippen molar-refractivity contribution in [2.75, 3.05) is 11.4 Å². The first-order chi connectivity index (χ1) is 8.93. The van der Waals surface area contributed by atoms with Crippen LogP contribution in [0, 0.1) is 6.92 Å². The summed E-state index contributed by atoms with van der Waals surface area (Å²) >= 11 is 3.32. The lowest BCUT2D eigenvalue weighted by atomic mass is 10.2. The Morgan fingerprint density at radius 3 is 2.26 bits per heavy atom. The Labute approximate surface area is 122 Å². The number of nitrogens with zero attached hydrogens (tertiary/aromatic N) is 1. The van der Waals surface area contributed by atoms with Gasteiger partial charge < -0.3 is 0 Å². The van der Waals surface area contributed by atoms with E-state index in [1.54, 1.807) is 37.4 Å². The summed E-state index contributed by atoms with van der Waals surface area (Å²) < 4.78 is 27.0. The molecule has 0 saturated carbocycles. The minimum absolute atomic E-state index is 0.268. The normalized spacial score (nSPS) is 11.3. The van der Waals surface area contributed by atoms with Gasteiger partial charge in [0.05, 0.1) is 5.69 Å². The Hall–Kier alpha value is -1.33. The first-order valence-corrected chi connectivity index (χ1v) is 7.96. The monoisotopic (exact) mass is 339 g/mol. The molecule has 0 saturated heterocycles. The van der Waals surface area contributed by atoms with Crippen molar-refractivity contribution >= 4 is 31.6 Å². The Morgan fingerprint density at radius 1 is 1.05 bits per heavy atom. The first-order valence-electron chi connectivity index (χ1n) is 5.73. The van der Waals surface area contributed by atoms with E-state index in [1.165, 1.54) is 4.31 Å². The topological polar surface area (TPSA) is 37.4 Å². The lowest BCUT2D eigenvalue weighted by molar-refractivity contribution is 0.594. The summed E-state index contributed by atoms with van der Waals surface area (Å²) in [5.74, 6) is 0. The van der Waals surface area contributed by atoms with E-state index in [4.69, 9.17) is 0 Å². The van der Waals surface area contributed by atoms with E-state index >= 15 is 0 Å². The van der Waals surface area contributed by atoms with Crippen LogP contribution in [-0.4, -0.2) is 15.5 Å². The van der Waals surface area contributed by atoms with Gasteiger partial charge in [-0.1, -0.05) is 24.3 Å². The molecule has 2 aromatic rings. The molecule has 0 aliphatic heterocycles. The third kappa shape index (κ3) is 2.82. The molecule has 19 heavy (non-hydrogen) atoms. The highest BCUT2D eigenvalue weighted by atomic mass is 79.9. The minimum atomic E-state index is -3.55. The highest BCUT2D eigenvalue weighted by Gasteiger charge is 2.23. The van der Waals surface area contributed by atoms with Crippen LogP contribution >= 0.6 is 15.9 Å². The number of benzene rings is 2. The van der Waals surface area contributed by atoms with E-state index in [0.717, 1.165) is 5.56 Å². The molecule has 0 aromatic heterocycles. The predicted molar refractivity (Wildman–Crippen MR) is 80.9 cm³/mol. The molecule has 0 atom stereocenters. The van der Waals surface area contributed by atoms with Gasteiger partial charge in [0, 0.05) is 11.5 Å². The minimum Gasteiger partial charge on any atom is -0.269 e. The van der Waals surface area contributed by atoms with E-state index in [1.807, 2.05) is 25.1 Å². The van der Waals surface area contributed by atoms with Crippen LogP contribution in [-0.2, 0) is 10.0 Å². The van der Waals surface area contributed by atoms with Crippen LogP contribution in [0.25, 0.3) is 0 Å². The number of hydrogen-bond acceptors (Lipinski definition) is 2. The summed E-state index contributed by atoms with van der Waals surface area (Å²) in [5, 5.41) is 0. The molecule has 2 aromatic carbocycles. The number of anilines is 1. The Balaban J connectivity index is 2.48. The zero-order valence-electron chi connectivity index (χ0n) is 10.7. The summed E-state index contributed by atoms with van der Waals surface area (Å²) in [5.41, 5.74) is 1.64. The van der Waals surface area contributed by atoms with Crippen molar-refractivity contribution in [3.8, 4) is 0 Å². The van der Waals surface area contributed by atoms with Gasteiger partial charge in [-0.25, -0.2) is 8.42 Å². The van der Waals surface area contributed by atoms with Gasteiger partial charge in [-0.15, -0.1) is 0 Å². The maximum absolute atomic E-state index is 12.6. The van der Waals surface area contributed by atoms with E-state index in [-0.39, 0.29) is 4.90 Å². The average molecular weight is 340 g/mol. The van der Waals surface area contributed by atoms with Crippen molar-refractivity contribution in [1.29, 1.82) is 0 Å². The zero-order chi connectivity index (χ0) is 14.0. The molecular formula is C14H14BrNO2S. The van der Waals surface area contributed by atoms with Crippen molar-refractivity contribution < 1.29 is 8.42 Å². The lowest BCUT2D eigenvalue weighted by Gasteiger charge is -2.20. The molecule has 0 bridgehead atoms. The fourth-order valence-electron chi connectivity index (χ4n) is 1.74. The molecule has 0 unspecified atom stereocenters. The lowest BCUT2D eigenvalue weighted by Crippen LogP contribution is -2.26. The molecular weight excluding hydrogens is 326 g/mol. The molecule has 2 rings (SSSR count). The summed E-state index contributed by atoms with van der Waals surface area (Å²) in [7, 11) is -2.00. The van der Waals surface area contributed by atoms with Crippen LogP contribution in [0.2, 0.25) is 0 Å². The van der Waals surface area contributed by atoms with Crippen molar-refractivity contribution in [2.45, 2.75) is 11.8 Å². The summed E-state index contributed by atoms with van der Waals surface area (Å²) in [6.07, 6.45) is 0.